The topological polar surface area (TPSA) is 0 Å². The second kappa shape index (κ2) is 3.23. The van der Waals surface area contributed by atoms with Gasteiger partial charge < -0.3 is 0 Å². The summed E-state index contributed by atoms with van der Waals surface area (Å²) in [6, 6.07) is 5.04. The van der Waals surface area contributed by atoms with E-state index >= 15 is 0 Å². The molecule has 0 aliphatic carbocycles. The second-order valence-corrected chi connectivity index (χ2v) is 1.41. The molecule has 0 N–H and O–H groups in total. The Balaban J connectivity index is 0.000000640. The monoisotopic (exact) mass is 125 g/mol. The van der Waals surface area contributed by atoms with Crippen LogP contribution in [0.1, 0.15) is 0 Å². The van der Waals surface area contributed by atoms with Crippen molar-refractivity contribution in [3.63, 3.8) is 0 Å². The number of hydrogen-bond acceptors (Lipinski definition) is 0. The van der Waals surface area contributed by atoms with Crippen molar-refractivity contribution >= 4 is 8.41 Å². The molecule has 0 aromatic heterocycles. The lowest BCUT2D eigenvalue weighted by Crippen LogP contribution is -1.77. The van der Waals surface area contributed by atoms with Gasteiger partial charge in [-0.25, -0.2) is 8.78 Å². The van der Waals surface area contributed by atoms with E-state index in [0.29, 0.717) is 0 Å². The SMILES string of the molecule is Fc1ccccc1F.[B]. The summed E-state index contributed by atoms with van der Waals surface area (Å²) in [6.07, 6.45) is 0. The van der Waals surface area contributed by atoms with Crippen LogP contribution in [0.2, 0.25) is 0 Å². The predicted octanol–water partition coefficient (Wildman–Crippen LogP) is 1.58. The molecule has 1 aromatic rings. The highest BCUT2D eigenvalue weighted by Gasteiger charge is 1.93. The van der Waals surface area contributed by atoms with Gasteiger partial charge in [0.25, 0.3) is 0 Å². The van der Waals surface area contributed by atoms with Crippen LogP contribution in [-0.4, -0.2) is 8.41 Å². The molecule has 0 aliphatic rings. The van der Waals surface area contributed by atoms with Gasteiger partial charge in [0.15, 0.2) is 11.6 Å². The molecular weight excluding hydrogens is 121 g/mol. The van der Waals surface area contributed by atoms with E-state index in [9.17, 15) is 8.78 Å². The Kier molecular flexibility index (Phi) is 2.92. The Bertz CT molecular complexity index is 167. The van der Waals surface area contributed by atoms with Crippen LogP contribution < -0.4 is 0 Å². The standard InChI is InChI=1S/C6H4F2.B/c7-5-3-1-2-4-6(5)8;/h1-4H;. The summed E-state index contributed by atoms with van der Waals surface area (Å²) in [5, 5.41) is 0. The fraction of sp³-hybridized carbons (Fsp3) is 0. The Morgan fingerprint density at radius 3 is 1.44 bits per heavy atom. The van der Waals surface area contributed by atoms with Gasteiger partial charge in [-0.15, -0.1) is 0 Å². The summed E-state index contributed by atoms with van der Waals surface area (Å²) < 4.78 is 23.9. The maximum Gasteiger partial charge on any atom is 0.158 e. The molecule has 0 fully saturated rings. The fourth-order valence-corrected chi connectivity index (χ4v) is 0.439. The number of rotatable bonds is 0. The van der Waals surface area contributed by atoms with Gasteiger partial charge in [-0.1, -0.05) is 12.1 Å². The largest absolute Gasteiger partial charge is 0.204 e. The smallest absolute Gasteiger partial charge is 0.158 e. The maximum absolute atomic E-state index is 11.9. The Morgan fingerprint density at radius 2 is 1.22 bits per heavy atom. The average molecular weight is 125 g/mol. The van der Waals surface area contributed by atoms with E-state index in [0.717, 1.165) is 12.1 Å². The molecule has 3 heteroatoms. The van der Waals surface area contributed by atoms with E-state index in [1.165, 1.54) is 12.1 Å². The van der Waals surface area contributed by atoms with E-state index in [-0.39, 0.29) is 8.41 Å². The van der Waals surface area contributed by atoms with Crippen molar-refractivity contribution < 1.29 is 8.78 Å². The van der Waals surface area contributed by atoms with E-state index in [2.05, 4.69) is 0 Å². The van der Waals surface area contributed by atoms with Gasteiger partial charge in [0, 0.05) is 8.41 Å². The van der Waals surface area contributed by atoms with E-state index in [1.807, 2.05) is 0 Å². The van der Waals surface area contributed by atoms with Crippen LogP contribution in [0.5, 0.6) is 0 Å². The van der Waals surface area contributed by atoms with Crippen LogP contribution in [0, 0.1) is 11.6 Å². The minimum Gasteiger partial charge on any atom is -0.204 e. The first-order chi connectivity index (χ1) is 3.80. The van der Waals surface area contributed by atoms with Crippen molar-refractivity contribution in [1.82, 2.24) is 0 Å². The summed E-state index contributed by atoms with van der Waals surface area (Å²) in [5.41, 5.74) is 0. The van der Waals surface area contributed by atoms with Crippen LogP contribution in [0.25, 0.3) is 0 Å². The minimum atomic E-state index is -0.799. The molecule has 0 aliphatic heterocycles. The van der Waals surface area contributed by atoms with Crippen molar-refractivity contribution in [2.75, 3.05) is 0 Å². The molecule has 0 saturated carbocycles. The van der Waals surface area contributed by atoms with Crippen molar-refractivity contribution in [1.29, 1.82) is 0 Å². The summed E-state index contributed by atoms with van der Waals surface area (Å²) in [7, 11) is 0. The zero-order valence-electron chi connectivity index (χ0n) is 4.64. The van der Waals surface area contributed by atoms with Crippen molar-refractivity contribution in [2.24, 2.45) is 0 Å². The lowest BCUT2D eigenvalue weighted by molar-refractivity contribution is 0.508. The van der Waals surface area contributed by atoms with Crippen molar-refractivity contribution in [3.05, 3.63) is 35.9 Å². The first-order valence-electron chi connectivity index (χ1n) is 2.21. The highest BCUT2D eigenvalue weighted by atomic mass is 19.2. The maximum atomic E-state index is 11.9. The zero-order valence-corrected chi connectivity index (χ0v) is 4.64. The predicted molar refractivity (Wildman–Crippen MR) is 32.1 cm³/mol. The van der Waals surface area contributed by atoms with E-state index in [1.54, 1.807) is 0 Å². The van der Waals surface area contributed by atoms with E-state index in [4.69, 9.17) is 0 Å². The summed E-state index contributed by atoms with van der Waals surface area (Å²) in [4.78, 5) is 0. The molecule has 0 saturated heterocycles. The normalized spacial score (nSPS) is 8.22. The molecule has 9 heavy (non-hydrogen) atoms. The Morgan fingerprint density at radius 1 is 0.889 bits per heavy atom. The lowest BCUT2D eigenvalue weighted by atomic mass is 10.3. The fourth-order valence-electron chi connectivity index (χ4n) is 0.439. The summed E-state index contributed by atoms with van der Waals surface area (Å²) in [6.45, 7) is 0. The molecule has 0 spiro atoms. The average Bonchev–Trinajstić information content (AvgIpc) is 1.77. The molecule has 0 heterocycles. The van der Waals surface area contributed by atoms with Crippen molar-refractivity contribution in [3.8, 4) is 0 Å². The Hall–Kier alpha value is -0.855. The molecule has 0 bridgehead atoms. The second-order valence-electron chi connectivity index (χ2n) is 1.41. The third-order valence-corrected chi connectivity index (χ3v) is 0.824. The first-order valence-corrected chi connectivity index (χ1v) is 2.21. The molecule has 45 valence electrons. The highest BCUT2D eigenvalue weighted by molar-refractivity contribution is 5.75. The van der Waals surface area contributed by atoms with Crippen LogP contribution in [0.4, 0.5) is 8.78 Å². The molecule has 1 aromatic carbocycles. The first kappa shape index (κ1) is 8.14. The number of hydrogen-bond donors (Lipinski definition) is 0. The highest BCUT2D eigenvalue weighted by Crippen LogP contribution is 2.01. The molecule has 1 rings (SSSR count). The number of halogens is 2. The summed E-state index contributed by atoms with van der Waals surface area (Å²) in [5.74, 6) is -1.60. The van der Waals surface area contributed by atoms with Gasteiger partial charge in [-0.3, -0.25) is 0 Å². The lowest BCUT2D eigenvalue weighted by Gasteiger charge is -1.85. The van der Waals surface area contributed by atoms with Crippen LogP contribution in [-0.2, 0) is 0 Å². The van der Waals surface area contributed by atoms with Gasteiger partial charge in [-0.05, 0) is 12.1 Å². The minimum absolute atomic E-state index is 0. The van der Waals surface area contributed by atoms with Gasteiger partial charge in [0.1, 0.15) is 0 Å². The van der Waals surface area contributed by atoms with E-state index < -0.39 is 11.6 Å². The van der Waals surface area contributed by atoms with Gasteiger partial charge >= 0.3 is 0 Å². The third kappa shape index (κ3) is 1.84. The molecular formula is C6H4BF2. The van der Waals surface area contributed by atoms with Gasteiger partial charge in [-0.2, -0.15) is 0 Å². The van der Waals surface area contributed by atoms with Gasteiger partial charge in [0.05, 0.1) is 0 Å². The molecule has 0 unspecified atom stereocenters. The van der Waals surface area contributed by atoms with Crippen LogP contribution in [0.3, 0.4) is 0 Å². The van der Waals surface area contributed by atoms with Gasteiger partial charge in [0.2, 0.25) is 0 Å². The molecule has 0 nitrogen and oxygen atoms in total. The molecule has 0 atom stereocenters. The van der Waals surface area contributed by atoms with Crippen molar-refractivity contribution in [2.45, 2.75) is 0 Å². The van der Waals surface area contributed by atoms with Crippen LogP contribution >= 0.6 is 0 Å². The zero-order chi connectivity index (χ0) is 5.98. The molecule has 3 radical (unpaired) electrons. The third-order valence-electron chi connectivity index (χ3n) is 0.824. The summed E-state index contributed by atoms with van der Waals surface area (Å²) >= 11 is 0. The quantitative estimate of drug-likeness (QED) is 0.461. The van der Waals surface area contributed by atoms with Crippen LogP contribution in [0.15, 0.2) is 24.3 Å². The number of benzene rings is 1. The Labute approximate surface area is 54.1 Å². The molecule has 0 amide bonds.